The monoisotopic (exact) mass is 291 g/mol. The van der Waals surface area contributed by atoms with Gasteiger partial charge in [-0.05, 0) is 30.7 Å². The van der Waals surface area contributed by atoms with Crippen LogP contribution < -0.4 is 10.2 Å². The van der Waals surface area contributed by atoms with Gasteiger partial charge in [0.05, 0.1) is 19.8 Å². The summed E-state index contributed by atoms with van der Waals surface area (Å²) in [6, 6.07) is 8.61. The van der Waals surface area contributed by atoms with Gasteiger partial charge in [0.15, 0.2) is 5.17 Å². The van der Waals surface area contributed by atoms with Crippen LogP contribution in [-0.4, -0.2) is 43.3 Å². The molecule has 0 radical (unpaired) electrons. The van der Waals surface area contributed by atoms with E-state index in [1.165, 1.54) is 12.1 Å². The molecule has 0 bridgehead atoms. The molecule has 1 N–H and O–H groups in total. The number of anilines is 2. The van der Waals surface area contributed by atoms with Crippen molar-refractivity contribution in [2.75, 3.05) is 43.1 Å². The van der Waals surface area contributed by atoms with Crippen LogP contribution in [0.1, 0.15) is 13.3 Å². The van der Waals surface area contributed by atoms with Crippen molar-refractivity contribution in [2.45, 2.75) is 18.6 Å². The van der Waals surface area contributed by atoms with Crippen molar-refractivity contribution in [3.05, 3.63) is 24.3 Å². The molecule has 1 aromatic rings. The lowest BCUT2D eigenvalue weighted by Crippen LogP contribution is -2.36. The topological polar surface area (TPSA) is 36.9 Å². The van der Waals surface area contributed by atoms with Gasteiger partial charge in [-0.2, -0.15) is 0 Å². The number of amidine groups is 1. The highest BCUT2D eigenvalue weighted by Crippen LogP contribution is 2.25. The Balaban J connectivity index is 1.59. The molecule has 3 rings (SSSR count). The maximum atomic E-state index is 5.38. The fraction of sp³-hybridized carbons (Fsp3) is 0.533. The highest BCUT2D eigenvalue weighted by molar-refractivity contribution is 8.15. The summed E-state index contributed by atoms with van der Waals surface area (Å²) < 4.78 is 5.38. The Morgan fingerprint density at radius 3 is 2.70 bits per heavy atom. The van der Waals surface area contributed by atoms with Gasteiger partial charge >= 0.3 is 0 Å². The van der Waals surface area contributed by atoms with Crippen molar-refractivity contribution in [2.24, 2.45) is 4.99 Å². The van der Waals surface area contributed by atoms with Crippen LogP contribution in [0, 0.1) is 0 Å². The number of hydrogen-bond donors (Lipinski definition) is 1. The van der Waals surface area contributed by atoms with Crippen LogP contribution in [0.5, 0.6) is 0 Å². The molecule has 2 aliphatic heterocycles. The lowest BCUT2D eigenvalue weighted by Gasteiger charge is -2.28. The average molecular weight is 291 g/mol. The number of benzene rings is 1. The fourth-order valence-electron chi connectivity index (χ4n) is 2.40. The first-order valence-electron chi connectivity index (χ1n) is 7.26. The number of ether oxygens (including phenoxy) is 1. The molecule has 1 aromatic carbocycles. The third-order valence-corrected chi connectivity index (χ3v) is 4.94. The molecule has 0 spiro atoms. The van der Waals surface area contributed by atoms with Crippen molar-refractivity contribution < 1.29 is 4.74 Å². The molecule has 0 amide bonds. The van der Waals surface area contributed by atoms with Crippen LogP contribution in [0.4, 0.5) is 11.4 Å². The van der Waals surface area contributed by atoms with Crippen molar-refractivity contribution in [3.8, 4) is 0 Å². The molecule has 2 aliphatic rings. The van der Waals surface area contributed by atoms with Gasteiger partial charge in [0, 0.05) is 29.7 Å². The number of morpholine rings is 1. The van der Waals surface area contributed by atoms with Gasteiger partial charge in [-0.25, -0.2) is 0 Å². The van der Waals surface area contributed by atoms with E-state index in [0.717, 1.165) is 43.7 Å². The first-order valence-corrected chi connectivity index (χ1v) is 8.14. The Bertz CT molecular complexity index is 469. The lowest BCUT2D eigenvalue weighted by atomic mass is 10.2. The normalized spacial score (nSPS) is 22.8. The number of hydrogen-bond acceptors (Lipinski definition) is 5. The van der Waals surface area contributed by atoms with Crippen molar-refractivity contribution in [1.82, 2.24) is 0 Å². The molecule has 1 unspecified atom stereocenters. The minimum Gasteiger partial charge on any atom is -0.378 e. The van der Waals surface area contributed by atoms with Gasteiger partial charge in [-0.3, -0.25) is 4.99 Å². The molecule has 1 atom stereocenters. The van der Waals surface area contributed by atoms with Gasteiger partial charge in [-0.15, -0.1) is 0 Å². The van der Waals surface area contributed by atoms with E-state index < -0.39 is 0 Å². The summed E-state index contributed by atoms with van der Waals surface area (Å²) >= 11 is 1.85. The first kappa shape index (κ1) is 13.8. The van der Waals surface area contributed by atoms with Gasteiger partial charge < -0.3 is 15.0 Å². The Morgan fingerprint density at radius 1 is 1.30 bits per heavy atom. The second kappa shape index (κ2) is 6.50. The van der Waals surface area contributed by atoms with E-state index in [-0.39, 0.29) is 0 Å². The zero-order chi connectivity index (χ0) is 13.8. The van der Waals surface area contributed by atoms with Gasteiger partial charge in [-0.1, -0.05) is 18.7 Å². The third kappa shape index (κ3) is 3.27. The van der Waals surface area contributed by atoms with E-state index in [1.807, 2.05) is 11.8 Å². The molecule has 1 saturated heterocycles. The molecule has 2 heterocycles. The van der Waals surface area contributed by atoms with Crippen LogP contribution in [0.25, 0.3) is 0 Å². The van der Waals surface area contributed by atoms with Crippen LogP contribution in [0.2, 0.25) is 0 Å². The third-order valence-electron chi connectivity index (χ3n) is 3.67. The molecular weight excluding hydrogens is 270 g/mol. The maximum Gasteiger partial charge on any atom is 0.161 e. The quantitative estimate of drug-likeness (QED) is 0.929. The van der Waals surface area contributed by atoms with E-state index in [1.54, 1.807) is 0 Å². The Hall–Kier alpha value is -1.20. The molecule has 4 nitrogen and oxygen atoms in total. The summed E-state index contributed by atoms with van der Waals surface area (Å²) in [5.41, 5.74) is 2.39. The van der Waals surface area contributed by atoms with Crippen LogP contribution in [0.3, 0.4) is 0 Å². The van der Waals surface area contributed by atoms with Crippen molar-refractivity contribution in [3.63, 3.8) is 0 Å². The molecule has 0 saturated carbocycles. The Kier molecular flexibility index (Phi) is 4.47. The molecule has 20 heavy (non-hydrogen) atoms. The molecule has 5 heteroatoms. The highest BCUT2D eigenvalue weighted by atomic mass is 32.2. The Labute approximate surface area is 124 Å². The van der Waals surface area contributed by atoms with E-state index in [9.17, 15) is 0 Å². The van der Waals surface area contributed by atoms with Gasteiger partial charge in [0.1, 0.15) is 0 Å². The van der Waals surface area contributed by atoms with Crippen LogP contribution in [0.15, 0.2) is 29.3 Å². The number of nitrogens with zero attached hydrogens (tertiary/aromatic N) is 2. The standard InChI is InChI=1S/C15H21N3OS/c1-2-14-11-16-15(20-14)17-12-3-5-13(6-4-12)18-7-9-19-10-8-18/h3-6,14H,2,7-11H2,1H3,(H,16,17). The van der Waals surface area contributed by atoms with Gasteiger partial charge in [0.25, 0.3) is 0 Å². The number of nitrogens with one attached hydrogen (secondary N) is 1. The molecule has 1 fully saturated rings. The SMILES string of the molecule is CCC1CN=C(Nc2ccc(N3CCOCC3)cc2)S1. The van der Waals surface area contributed by atoms with Crippen LogP contribution >= 0.6 is 11.8 Å². The van der Waals surface area contributed by atoms with Gasteiger partial charge in [0.2, 0.25) is 0 Å². The van der Waals surface area contributed by atoms with E-state index in [4.69, 9.17) is 4.74 Å². The summed E-state index contributed by atoms with van der Waals surface area (Å²) in [6.45, 7) is 6.77. The molecular formula is C15H21N3OS. The summed E-state index contributed by atoms with van der Waals surface area (Å²) in [6.07, 6.45) is 1.18. The molecule has 108 valence electrons. The second-order valence-corrected chi connectivity index (χ2v) is 6.35. The number of thioether (sulfide) groups is 1. The average Bonchev–Trinajstić information content (AvgIpc) is 2.97. The predicted molar refractivity (Wildman–Crippen MR) is 87.1 cm³/mol. The summed E-state index contributed by atoms with van der Waals surface area (Å²) in [7, 11) is 0. The fourth-order valence-corrected chi connectivity index (χ4v) is 3.36. The number of aliphatic imine (C=N–C) groups is 1. The molecule has 0 aliphatic carbocycles. The maximum absolute atomic E-state index is 5.38. The highest BCUT2D eigenvalue weighted by Gasteiger charge is 2.17. The lowest BCUT2D eigenvalue weighted by molar-refractivity contribution is 0.122. The van der Waals surface area contributed by atoms with E-state index >= 15 is 0 Å². The smallest absolute Gasteiger partial charge is 0.161 e. The Morgan fingerprint density at radius 2 is 2.05 bits per heavy atom. The summed E-state index contributed by atoms with van der Waals surface area (Å²) in [5.74, 6) is 0. The molecule has 0 aromatic heterocycles. The zero-order valence-corrected chi connectivity index (χ0v) is 12.7. The summed E-state index contributed by atoms with van der Waals surface area (Å²) in [5, 5.41) is 5.10. The van der Waals surface area contributed by atoms with Crippen molar-refractivity contribution >= 4 is 28.3 Å². The zero-order valence-electron chi connectivity index (χ0n) is 11.8. The van der Waals surface area contributed by atoms with E-state index in [2.05, 4.69) is 46.4 Å². The first-order chi connectivity index (χ1) is 9.85. The minimum absolute atomic E-state index is 0.644. The van der Waals surface area contributed by atoms with Crippen LogP contribution in [-0.2, 0) is 4.74 Å². The summed E-state index contributed by atoms with van der Waals surface area (Å²) in [4.78, 5) is 6.90. The largest absolute Gasteiger partial charge is 0.378 e. The number of rotatable bonds is 3. The van der Waals surface area contributed by atoms with Crippen molar-refractivity contribution in [1.29, 1.82) is 0 Å². The van der Waals surface area contributed by atoms with E-state index in [0.29, 0.717) is 5.25 Å². The second-order valence-electron chi connectivity index (χ2n) is 5.07. The predicted octanol–water partition coefficient (Wildman–Crippen LogP) is 2.82. The minimum atomic E-state index is 0.644.